The Morgan fingerprint density at radius 3 is 2.60 bits per heavy atom. The number of likely N-dealkylation sites (tertiary alicyclic amines) is 1. The van der Waals surface area contributed by atoms with E-state index in [1.54, 1.807) is 29.2 Å². The van der Waals surface area contributed by atoms with Crippen LogP contribution in [-0.4, -0.2) is 63.3 Å². The largest absolute Gasteiger partial charge is 0.338 e. The van der Waals surface area contributed by atoms with E-state index in [9.17, 15) is 13.2 Å². The zero-order valence-corrected chi connectivity index (χ0v) is 15.6. The Kier molecular flexibility index (Phi) is 5.76. The van der Waals surface area contributed by atoms with Crippen molar-refractivity contribution in [3.63, 3.8) is 0 Å². The van der Waals surface area contributed by atoms with Crippen molar-refractivity contribution in [3.8, 4) is 0 Å². The summed E-state index contributed by atoms with van der Waals surface area (Å²) in [6.45, 7) is 3.32. The summed E-state index contributed by atoms with van der Waals surface area (Å²) in [4.78, 5) is 14.9. The molecule has 1 atom stereocenters. The van der Waals surface area contributed by atoms with Crippen molar-refractivity contribution in [3.05, 3.63) is 29.8 Å². The van der Waals surface area contributed by atoms with E-state index in [1.165, 1.54) is 4.31 Å². The Morgan fingerprint density at radius 2 is 1.88 bits per heavy atom. The minimum absolute atomic E-state index is 0.152. The van der Waals surface area contributed by atoms with Crippen LogP contribution < -0.4 is 5.32 Å². The first-order chi connectivity index (χ1) is 12.0. The molecule has 0 saturated carbocycles. The maximum Gasteiger partial charge on any atom is 0.255 e. The van der Waals surface area contributed by atoms with Gasteiger partial charge in [0.05, 0.1) is 10.5 Å². The number of rotatable bonds is 5. The standard InChI is InChI=1S/C18H27N3O3S/c1-19-13-15-9-12-20(14-15)18(22)16-7-3-4-8-17(16)25(23,24)21-10-5-2-6-11-21/h3-4,7-8,15,19H,2,5-6,9-14H2,1H3. The van der Waals surface area contributed by atoms with Gasteiger partial charge in [0.25, 0.3) is 5.91 Å². The van der Waals surface area contributed by atoms with Crippen LogP contribution in [0, 0.1) is 5.92 Å². The molecule has 2 aliphatic heterocycles. The molecule has 25 heavy (non-hydrogen) atoms. The zero-order valence-electron chi connectivity index (χ0n) is 14.8. The maximum atomic E-state index is 13.0. The van der Waals surface area contributed by atoms with Crippen molar-refractivity contribution in [2.75, 3.05) is 39.8 Å². The van der Waals surface area contributed by atoms with Crippen molar-refractivity contribution < 1.29 is 13.2 Å². The van der Waals surface area contributed by atoms with E-state index >= 15 is 0 Å². The minimum Gasteiger partial charge on any atom is -0.338 e. The summed E-state index contributed by atoms with van der Waals surface area (Å²) in [7, 11) is -1.71. The van der Waals surface area contributed by atoms with Gasteiger partial charge >= 0.3 is 0 Å². The third-order valence-corrected chi connectivity index (χ3v) is 7.07. The monoisotopic (exact) mass is 365 g/mol. The number of hydrogen-bond acceptors (Lipinski definition) is 4. The Bertz CT molecular complexity index is 714. The van der Waals surface area contributed by atoms with E-state index in [1.807, 2.05) is 7.05 Å². The fraction of sp³-hybridized carbons (Fsp3) is 0.611. The molecule has 138 valence electrons. The molecule has 7 heteroatoms. The number of hydrogen-bond donors (Lipinski definition) is 1. The Labute approximate surface area is 150 Å². The molecule has 2 heterocycles. The minimum atomic E-state index is -3.62. The highest BCUT2D eigenvalue weighted by Crippen LogP contribution is 2.26. The molecule has 1 aromatic rings. The lowest BCUT2D eigenvalue weighted by atomic mass is 10.1. The van der Waals surface area contributed by atoms with Crippen LogP contribution in [0.3, 0.4) is 0 Å². The van der Waals surface area contributed by atoms with Crippen LogP contribution in [0.5, 0.6) is 0 Å². The molecule has 1 aromatic carbocycles. The Morgan fingerprint density at radius 1 is 1.16 bits per heavy atom. The smallest absolute Gasteiger partial charge is 0.255 e. The molecule has 0 aromatic heterocycles. The summed E-state index contributed by atoms with van der Waals surface area (Å²) < 4.78 is 27.6. The number of carbonyl (C=O) groups excluding carboxylic acids is 1. The van der Waals surface area contributed by atoms with Crippen molar-refractivity contribution in [2.24, 2.45) is 5.92 Å². The molecule has 2 saturated heterocycles. The average Bonchev–Trinajstić information content (AvgIpc) is 3.11. The van der Waals surface area contributed by atoms with Crippen molar-refractivity contribution in [1.82, 2.24) is 14.5 Å². The number of amides is 1. The predicted octanol–water partition coefficient (Wildman–Crippen LogP) is 1.54. The topological polar surface area (TPSA) is 69.7 Å². The van der Waals surface area contributed by atoms with Gasteiger partial charge in [-0.1, -0.05) is 18.6 Å². The lowest BCUT2D eigenvalue weighted by Crippen LogP contribution is -2.37. The number of nitrogens with zero attached hydrogens (tertiary/aromatic N) is 2. The van der Waals surface area contributed by atoms with E-state index < -0.39 is 10.0 Å². The van der Waals surface area contributed by atoms with Crippen LogP contribution in [0.2, 0.25) is 0 Å². The first-order valence-electron chi connectivity index (χ1n) is 9.07. The number of piperidine rings is 1. The van der Waals surface area contributed by atoms with Crippen LogP contribution in [0.4, 0.5) is 0 Å². The highest BCUT2D eigenvalue weighted by molar-refractivity contribution is 7.89. The first kappa shape index (κ1) is 18.4. The zero-order chi connectivity index (χ0) is 17.9. The molecular weight excluding hydrogens is 338 g/mol. The quantitative estimate of drug-likeness (QED) is 0.859. The van der Waals surface area contributed by atoms with E-state index in [-0.39, 0.29) is 10.8 Å². The summed E-state index contributed by atoms with van der Waals surface area (Å²) in [5.41, 5.74) is 0.304. The van der Waals surface area contributed by atoms with Crippen molar-refractivity contribution in [2.45, 2.75) is 30.6 Å². The van der Waals surface area contributed by atoms with Crippen LogP contribution in [-0.2, 0) is 10.0 Å². The second kappa shape index (κ2) is 7.85. The van der Waals surface area contributed by atoms with Gasteiger partial charge in [0, 0.05) is 26.2 Å². The van der Waals surface area contributed by atoms with Crippen LogP contribution in [0.1, 0.15) is 36.0 Å². The van der Waals surface area contributed by atoms with Gasteiger partial charge in [-0.15, -0.1) is 0 Å². The second-order valence-electron chi connectivity index (χ2n) is 6.92. The molecule has 1 N–H and O–H groups in total. The average molecular weight is 365 g/mol. The van der Waals surface area contributed by atoms with Crippen LogP contribution in [0.15, 0.2) is 29.2 Å². The van der Waals surface area contributed by atoms with Gasteiger partial charge in [-0.25, -0.2) is 8.42 Å². The van der Waals surface area contributed by atoms with Crippen LogP contribution >= 0.6 is 0 Å². The van der Waals surface area contributed by atoms with Crippen molar-refractivity contribution in [1.29, 1.82) is 0 Å². The molecule has 0 bridgehead atoms. The number of carbonyl (C=O) groups is 1. The third kappa shape index (κ3) is 3.88. The molecule has 2 aliphatic rings. The highest BCUT2D eigenvalue weighted by Gasteiger charge is 2.33. The lowest BCUT2D eigenvalue weighted by Gasteiger charge is -2.27. The molecule has 1 amide bonds. The van der Waals surface area contributed by atoms with Gasteiger partial charge in [-0.3, -0.25) is 4.79 Å². The van der Waals surface area contributed by atoms with Gasteiger partial charge in [0.15, 0.2) is 0 Å². The molecule has 3 rings (SSSR count). The molecule has 0 spiro atoms. The fourth-order valence-electron chi connectivity index (χ4n) is 3.76. The summed E-state index contributed by atoms with van der Waals surface area (Å²) >= 11 is 0. The van der Waals surface area contributed by atoms with E-state index in [0.29, 0.717) is 37.7 Å². The molecule has 6 nitrogen and oxygen atoms in total. The molecular formula is C18H27N3O3S. The second-order valence-corrected chi connectivity index (χ2v) is 8.83. The van der Waals surface area contributed by atoms with Gasteiger partial charge in [-0.05, 0) is 50.9 Å². The van der Waals surface area contributed by atoms with E-state index in [2.05, 4.69) is 5.32 Å². The van der Waals surface area contributed by atoms with E-state index in [4.69, 9.17) is 0 Å². The molecule has 1 unspecified atom stereocenters. The summed E-state index contributed by atoms with van der Waals surface area (Å²) in [5, 5.41) is 3.15. The molecule has 0 radical (unpaired) electrons. The number of benzene rings is 1. The van der Waals surface area contributed by atoms with Gasteiger partial charge in [-0.2, -0.15) is 4.31 Å². The van der Waals surface area contributed by atoms with Gasteiger partial charge < -0.3 is 10.2 Å². The normalized spacial score (nSPS) is 22.3. The molecule has 2 fully saturated rings. The fourth-order valence-corrected chi connectivity index (χ4v) is 5.46. The van der Waals surface area contributed by atoms with Gasteiger partial charge in [0.1, 0.15) is 0 Å². The number of nitrogens with one attached hydrogen (secondary N) is 1. The van der Waals surface area contributed by atoms with Crippen molar-refractivity contribution >= 4 is 15.9 Å². The lowest BCUT2D eigenvalue weighted by molar-refractivity contribution is 0.0783. The summed E-state index contributed by atoms with van der Waals surface area (Å²) in [6.07, 6.45) is 3.78. The Hall–Kier alpha value is -1.44. The summed E-state index contributed by atoms with van der Waals surface area (Å²) in [6, 6.07) is 6.65. The third-order valence-electron chi connectivity index (χ3n) is 5.12. The Balaban J connectivity index is 1.85. The molecule has 0 aliphatic carbocycles. The van der Waals surface area contributed by atoms with Crippen LogP contribution in [0.25, 0.3) is 0 Å². The highest BCUT2D eigenvalue weighted by atomic mass is 32.2. The predicted molar refractivity (Wildman–Crippen MR) is 97.0 cm³/mol. The summed E-state index contributed by atoms with van der Waals surface area (Å²) in [5.74, 6) is 0.259. The van der Waals surface area contributed by atoms with E-state index in [0.717, 1.165) is 32.2 Å². The number of sulfonamides is 1. The maximum absolute atomic E-state index is 13.0. The SMILES string of the molecule is CNCC1CCN(C(=O)c2ccccc2S(=O)(=O)N2CCCCC2)C1. The van der Waals surface area contributed by atoms with Gasteiger partial charge in [0.2, 0.25) is 10.0 Å². The first-order valence-corrected chi connectivity index (χ1v) is 10.5.